The second-order valence-corrected chi connectivity index (χ2v) is 3.87. The zero-order chi connectivity index (χ0) is 12.4. The Morgan fingerprint density at radius 3 is 2.53 bits per heavy atom. The number of imide groups is 1. The molecule has 88 valence electrons. The number of carbonyl (C=O) groups is 2. The van der Waals surface area contributed by atoms with Crippen LogP contribution in [0.5, 0.6) is 5.75 Å². The van der Waals surface area contributed by atoms with Crippen molar-refractivity contribution in [2.24, 2.45) is 0 Å². The highest BCUT2D eigenvalue weighted by molar-refractivity contribution is 6.15. The molecular formula is C13H13NO3. The van der Waals surface area contributed by atoms with Gasteiger partial charge in [0.05, 0.1) is 13.7 Å². The van der Waals surface area contributed by atoms with Gasteiger partial charge in [-0.2, -0.15) is 0 Å². The predicted octanol–water partition coefficient (Wildman–Crippen LogP) is 1.51. The van der Waals surface area contributed by atoms with E-state index >= 15 is 0 Å². The summed E-state index contributed by atoms with van der Waals surface area (Å²) < 4.78 is 5.19. The number of hydrogen-bond acceptors (Lipinski definition) is 3. The molecule has 0 saturated carbocycles. The SMILES string of the molecule is COc1ccccc1CN1C(=O)C=C(C)C1=O. The van der Waals surface area contributed by atoms with Crippen LogP contribution in [0.25, 0.3) is 0 Å². The van der Waals surface area contributed by atoms with Crippen molar-refractivity contribution >= 4 is 11.8 Å². The Morgan fingerprint density at radius 1 is 1.24 bits per heavy atom. The molecule has 4 nitrogen and oxygen atoms in total. The molecule has 1 aliphatic rings. The number of amides is 2. The van der Waals surface area contributed by atoms with Crippen molar-refractivity contribution in [2.75, 3.05) is 7.11 Å². The van der Waals surface area contributed by atoms with Crippen LogP contribution in [-0.2, 0) is 16.1 Å². The van der Waals surface area contributed by atoms with E-state index in [4.69, 9.17) is 4.74 Å². The third kappa shape index (κ3) is 2.06. The predicted molar refractivity (Wildman–Crippen MR) is 62.3 cm³/mol. The number of rotatable bonds is 3. The van der Waals surface area contributed by atoms with Gasteiger partial charge in [0.1, 0.15) is 5.75 Å². The Hall–Kier alpha value is -2.10. The van der Waals surface area contributed by atoms with E-state index in [9.17, 15) is 9.59 Å². The van der Waals surface area contributed by atoms with Crippen LogP contribution in [0.4, 0.5) is 0 Å². The molecule has 0 saturated heterocycles. The summed E-state index contributed by atoms with van der Waals surface area (Å²) >= 11 is 0. The van der Waals surface area contributed by atoms with Crippen molar-refractivity contribution in [1.82, 2.24) is 4.90 Å². The first-order valence-electron chi connectivity index (χ1n) is 5.29. The van der Waals surface area contributed by atoms with Gasteiger partial charge >= 0.3 is 0 Å². The van der Waals surface area contributed by atoms with Gasteiger partial charge in [0, 0.05) is 17.2 Å². The van der Waals surface area contributed by atoms with Crippen LogP contribution in [-0.4, -0.2) is 23.8 Å². The van der Waals surface area contributed by atoms with Gasteiger partial charge in [-0.15, -0.1) is 0 Å². The summed E-state index contributed by atoms with van der Waals surface area (Å²) in [6, 6.07) is 7.34. The first-order chi connectivity index (χ1) is 8.13. The minimum Gasteiger partial charge on any atom is -0.496 e. The maximum absolute atomic E-state index is 11.7. The fourth-order valence-corrected chi connectivity index (χ4v) is 1.79. The van der Waals surface area contributed by atoms with E-state index in [0.29, 0.717) is 11.3 Å². The van der Waals surface area contributed by atoms with Crippen molar-refractivity contribution in [3.63, 3.8) is 0 Å². The number of hydrogen-bond donors (Lipinski definition) is 0. The Morgan fingerprint density at radius 2 is 1.94 bits per heavy atom. The fraction of sp³-hybridized carbons (Fsp3) is 0.231. The molecule has 0 bridgehead atoms. The van der Waals surface area contributed by atoms with E-state index in [1.807, 2.05) is 18.2 Å². The maximum atomic E-state index is 11.7. The minimum atomic E-state index is -0.265. The summed E-state index contributed by atoms with van der Waals surface area (Å²) in [4.78, 5) is 24.5. The lowest BCUT2D eigenvalue weighted by Crippen LogP contribution is -2.30. The lowest BCUT2D eigenvalue weighted by Gasteiger charge is -2.16. The average molecular weight is 231 g/mol. The summed E-state index contributed by atoms with van der Waals surface area (Å²) in [6.45, 7) is 1.89. The molecule has 17 heavy (non-hydrogen) atoms. The van der Waals surface area contributed by atoms with Crippen LogP contribution < -0.4 is 4.74 Å². The highest BCUT2D eigenvalue weighted by Crippen LogP contribution is 2.22. The summed E-state index contributed by atoms with van der Waals surface area (Å²) in [7, 11) is 1.57. The summed E-state index contributed by atoms with van der Waals surface area (Å²) in [6.07, 6.45) is 1.36. The van der Waals surface area contributed by atoms with Gasteiger partial charge in [0.15, 0.2) is 0 Å². The van der Waals surface area contributed by atoms with E-state index < -0.39 is 0 Å². The van der Waals surface area contributed by atoms with Gasteiger partial charge < -0.3 is 4.74 Å². The van der Waals surface area contributed by atoms with Crippen molar-refractivity contribution in [3.05, 3.63) is 41.5 Å². The van der Waals surface area contributed by atoms with Crippen molar-refractivity contribution in [3.8, 4) is 5.75 Å². The van der Waals surface area contributed by atoms with E-state index in [1.54, 1.807) is 20.1 Å². The average Bonchev–Trinajstić information content (AvgIpc) is 2.57. The number of carbonyl (C=O) groups excluding carboxylic acids is 2. The zero-order valence-electron chi connectivity index (χ0n) is 9.77. The van der Waals surface area contributed by atoms with Crippen LogP contribution in [0, 0.1) is 0 Å². The molecule has 0 unspecified atom stereocenters. The van der Waals surface area contributed by atoms with Gasteiger partial charge in [-0.3, -0.25) is 14.5 Å². The molecular weight excluding hydrogens is 218 g/mol. The lowest BCUT2D eigenvalue weighted by molar-refractivity contribution is -0.137. The molecule has 0 radical (unpaired) electrons. The fourth-order valence-electron chi connectivity index (χ4n) is 1.79. The van der Waals surface area contributed by atoms with Crippen LogP contribution >= 0.6 is 0 Å². The van der Waals surface area contributed by atoms with E-state index in [2.05, 4.69) is 0 Å². The molecule has 1 heterocycles. The molecule has 0 spiro atoms. The molecule has 0 fully saturated rings. The first-order valence-corrected chi connectivity index (χ1v) is 5.29. The van der Waals surface area contributed by atoms with Crippen molar-refractivity contribution in [1.29, 1.82) is 0 Å². The normalized spacial score (nSPS) is 15.2. The molecule has 1 aliphatic heterocycles. The third-order valence-electron chi connectivity index (χ3n) is 2.71. The second-order valence-electron chi connectivity index (χ2n) is 3.87. The van der Waals surface area contributed by atoms with Crippen molar-refractivity contribution in [2.45, 2.75) is 13.5 Å². The Balaban J connectivity index is 2.23. The number of ether oxygens (including phenoxy) is 1. The van der Waals surface area contributed by atoms with E-state index in [-0.39, 0.29) is 18.4 Å². The monoisotopic (exact) mass is 231 g/mol. The summed E-state index contributed by atoms with van der Waals surface area (Å²) in [5.41, 5.74) is 1.30. The quantitative estimate of drug-likeness (QED) is 0.741. The van der Waals surface area contributed by atoms with Gasteiger partial charge in [0.25, 0.3) is 11.8 Å². The standard InChI is InChI=1S/C13H13NO3/c1-9-7-12(15)14(13(9)16)8-10-5-3-4-6-11(10)17-2/h3-7H,8H2,1-2H3. The second kappa shape index (κ2) is 4.41. The van der Waals surface area contributed by atoms with Crippen molar-refractivity contribution < 1.29 is 14.3 Å². The molecule has 1 aromatic carbocycles. The van der Waals surface area contributed by atoms with Gasteiger partial charge in [0.2, 0.25) is 0 Å². The van der Waals surface area contributed by atoms with Crippen LogP contribution in [0.3, 0.4) is 0 Å². The molecule has 4 heteroatoms. The van der Waals surface area contributed by atoms with E-state index in [1.165, 1.54) is 11.0 Å². The number of methoxy groups -OCH3 is 1. The van der Waals surface area contributed by atoms with E-state index in [0.717, 1.165) is 5.56 Å². The van der Waals surface area contributed by atoms with Crippen LogP contribution in [0.1, 0.15) is 12.5 Å². The molecule has 0 atom stereocenters. The Labute approximate surface area is 99.5 Å². The highest BCUT2D eigenvalue weighted by atomic mass is 16.5. The first kappa shape index (κ1) is 11.4. The minimum absolute atomic E-state index is 0.235. The lowest BCUT2D eigenvalue weighted by atomic mass is 10.2. The highest BCUT2D eigenvalue weighted by Gasteiger charge is 2.28. The Bertz CT molecular complexity index is 505. The summed E-state index contributed by atoms with van der Waals surface area (Å²) in [5.74, 6) is 0.178. The molecule has 0 N–H and O–H groups in total. The topological polar surface area (TPSA) is 46.6 Å². The number of para-hydroxylation sites is 1. The molecule has 2 amide bonds. The van der Waals surface area contributed by atoms with Gasteiger partial charge in [-0.25, -0.2) is 0 Å². The smallest absolute Gasteiger partial charge is 0.256 e. The number of nitrogens with zero attached hydrogens (tertiary/aromatic N) is 1. The molecule has 2 rings (SSSR count). The van der Waals surface area contributed by atoms with Gasteiger partial charge in [-0.1, -0.05) is 18.2 Å². The zero-order valence-corrected chi connectivity index (χ0v) is 9.77. The summed E-state index contributed by atoms with van der Waals surface area (Å²) in [5, 5.41) is 0. The molecule has 1 aromatic rings. The van der Waals surface area contributed by atoms with Crippen LogP contribution in [0.15, 0.2) is 35.9 Å². The molecule has 0 aliphatic carbocycles. The van der Waals surface area contributed by atoms with Crippen LogP contribution in [0.2, 0.25) is 0 Å². The largest absolute Gasteiger partial charge is 0.496 e. The Kier molecular flexibility index (Phi) is 2.95. The molecule has 0 aromatic heterocycles. The maximum Gasteiger partial charge on any atom is 0.256 e. The number of benzene rings is 1. The third-order valence-corrected chi connectivity index (χ3v) is 2.71. The van der Waals surface area contributed by atoms with Gasteiger partial charge in [-0.05, 0) is 13.0 Å².